The van der Waals surface area contributed by atoms with E-state index in [2.05, 4.69) is 25.5 Å². The van der Waals surface area contributed by atoms with Crippen LogP contribution in [0.2, 0.25) is 0 Å². The number of carbonyl (C=O) groups excluding carboxylic acids is 1. The average molecular weight is 417 g/mol. The van der Waals surface area contributed by atoms with Gasteiger partial charge in [0.1, 0.15) is 0 Å². The van der Waals surface area contributed by atoms with Crippen LogP contribution < -0.4 is 0 Å². The van der Waals surface area contributed by atoms with Crippen molar-refractivity contribution in [2.24, 2.45) is 5.92 Å². The molecule has 0 saturated carbocycles. The number of hydrogen-bond donors (Lipinski definition) is 0. The van der Waals surface area contributed by atoms with Crippen molar-refractivity contribution in [2.45, 2.75) is 39.2 Å². The molecule has 11 heteroatoms. The fourth-order valence-corrected chi connectivity index (χ4v) is 3.51. The molecule has 9 nitrogen and oxygen atoms in total. The summed E-state index contributed by atoms with van der Waals surface area (Å²) in [7, 11) is 0. The molecule has 0 unspecified atom stereocenters. The van der Waals surface area contributed by atoms with Crippen molar-refractivity contribution in [1.29, 1.82) is 0 Å². The Balaban J connectivity index is 1.33. The highest BCUT2D eigenvalue weighted by Crippen LogP contribution is 2.23. The summed E-state index contributed by atoms with van der Waals surface area (Å²) in [4.78, 5) is 17.6. The lowest BCUT2D eigenvalue weighted by Crippen LogP contribution is -2.37. The fraction of sp³-hybridized carbons (Fsp3) is 0.474. The van der Waals surface area contributed by atoms with Crippen LogP contribution in [0.15, 0.2) is 28.9 Å². The van der Waals surface area contributed by atoms with Gasteiger partial charge in [0.05, 0.1) is 23.5 Å². The van der Waals surface area contributed by atoms with E-state index in [0.717, 1.165) is 43.7 Å². The monoisotopic (exact) mass is 417 g/mol. The summed E-state index contributed by atoms with van der Waals surface area (Å²) >= 11 is 0. The first-order chi connectivity index (χ1) is 14.5. The van der Waals surface area contributed by atoms with Crippen LogP contribution in [0.4, 0.5) is 8.78 Å². The molecular weight excluding hydrogens is 396 g/mol. The topological polar surface area (TPSA) is 103 Å². The number of aromatic nitrogens is 6. The van der Waals surface area contributed by atoms with Gasteiger partial charge in [-0.15, -0.1) is 15.3 Å². The number of piperidine rings is 1. The molecule has 1 aliphatic heterocycles. The van der Waals surface area contributed by atoms with E-state index in [1.54, 1.807) is 23.7 Å². The fourth-order valence-electron chi connectivity index (χ4n) is 3.51. The maximum Gasteiger partial charge on any atom is 0.314 e. The molecule has 158 valence electrons. The second kappa shape index (κ2) is 8.64. The smallest absolute Gasteiger partial charge is 0.314 e. The minimum absolute atomic E-state index is 0.00297. The standard InChI is InChI=1S/C19H21F2N7O2/c1-12(29)27-6-4-13(5-7-27)8-16-11-28(26-23-16)10-15-3-2-14(9-22-15)18-24-25-19(30-18)17(20)21/h2-3,9,11,13,17H,4-8,10H2,1H3. The van der Waals surface area contributed by atoms with Gasteiger partial charge in [-0.2, -0.15) is 8.78 Å². The van der Waals surface area contributed by atoms with Gasteiger partial charge in [-0.3, -0.25) is 9.78 Å². The SMILES string of the molecule is CC(=O)N1CCC(Cc2cn(Cc3ccc(-c4nnc(C(F)F)o4)cn3)nn2)CC1. The van der Waals surface area contributed by atoms with E-state index in [1.165, 1.54) is 6.20 Å². The molecule has 0 radical (unpaired) electrons. The molecule has 4 heterocycles. The quantitative estimate of drug-likeness (QED) is 0.607. The molecule has 30 heavy (non-hydrogen) atoms. The van der Waals surface area contributed by atoms with Gasteiger partial charge in [-0.05, 0) is 37.3 Å². The summed E-state index contributed by atoms with van der Waals surface area (Å²) in [6.45, 7) is 3.63. The van der Waals surface area contributed by atoms with Crippen molar-refractivity contribution >= 4 is 5.91 Å². The van der Waals surface area contributed by atoms with Crippen LogP contribution >= 0.6 is 0 Å². The lowest BCUT2D eigenvalue weighted by atomic mass is 9.92. The van der Waals surface area contributed by atoms with Crippen molar-refractivity contribution in [3.8, 4) is 11.5 Å². The van der Waals surface area contributed by atoms with Crippen LogP contribution in [0.25, 0.3) is 11.5 Å². The Morgan fingerprint density at radius 2 is 2.00 bits per heavy atom. The number of nitrogens with zero attached hydrogens (tertiary/aromatic N) is 7. The van der Waals surface area contributed by atoms with E-state index in [0.29, 0.717) is 18.0 Å². The number of alkyl halides is 2. The number of carbonyl (C=O) groups is 1. The van der Waals surface area contributed by atoms with Crippen molar-refractivity contribution in [2.75, 3.05) is 13.1 Å². The Kier molecular flexibility index (Phi) is 5.77. The Morgan fingerprint density at radius 3 is 2.63 bits per heavy atom. The lowest BCUT2D eigenvalue weighted by molar-refractivity contribution is -0.130. The molecule has 3 aromatic rings. The van der Waals surface area contributed by atoms with Gasteiger partial charge in [0.2, 0.25) is 11.8 Å². The zero-order valence-corrected chi connectivity index (χ0v) is 16.4. The average Bonchev–Trinajstić information content (AvgIpc) is 3.39. The number of amides is 1. The van der Waals surface area contributed by atoms with Crippen molar-refractivity contribution in [3.63, 3.8) is 0 Å². The van der Waals surface area contributed by atoms with Gasteiger partial charge in [0.25, 0.3) is 5.89 Å². The van der Waals surface area contributed by atoms with Crippen LogP contribution in [0.3, 0.4) is 0 Å². The van der Waals surface area contributed by atoms with E-state index in [4.69, 9.17) is 4.42 Å². The van der Waals surface area contributed by atoms with Crippen molar-refractivity contribution in [3.05, 3.63) is 41.8 Å². The minimum atomic E-state index is -2.80. The summed E-state index contributed by atoms with van der Waals surface area (Å²) < 4.78 is 31.8. The van der Waals surface area contributed by atoms with Crippen LogP contribution in [-0.4, -0.2) is 54.1 Å². The first-order valence-corrected chi connectivity index (χ1v) is 9.69. The first kappa shape index (κ1) is 20.0. The summed E-state index contributed by atoms with van der Waals surface area (Å²) in [6.07, 6.45) is 3.37. The van der Waals surface area contributed by atoms with Crippen LogP contribution in [-0.2, 0) is 17.8 Å². The molecule has 0 aliphatic carbocycles. The molecule has 0 aromatic carbocycles. The second-order valence-corrected chi connectivity index (χ2v) is 7.35. The summed E-state index contributed by atoms with van der Waals surface area (Å²) in [5.41, 5.74) is 2.12. The van der Waals surface area contributed by atoms with E-state index in [9.17, 15) is 13.6 Å². The molecule has 1 fully saturated rings. The van der Waals surface area contributed by atoms with E-state index in [1.807, 2.05) is 11.1 Å². The Bertz CT molecular complexity index is 994. The van der Waals surface area contributed by atoms with Gasteiger partial charge >= 0.3 is 6.43 Å². The van der Waals surface area contributed by atoms with Gasteiger partial charge in [0, 0.05) is 32.4 Å². The van der Waals surface area contributed by atoms with Crippen LogP contribution in [0.5, 0.6) is 0 Å². The van der Waals surface area contributed by atoms with Gasteiger partial charge in [0.15, 0.2) is 0 Å². The predicted octanol–water partition coefficient (Wildman–Crippen LogP) is 2.51. The molecule has 4 rings (SSSR count). The minimum Gasteiger partial charge on any atom is -0.415 e. The summed E-state index contributed by atoms with van der Waals surface area (Å²) in [6, 6.07) is 3.44. The number of rotatable bonds is 6. The van der Waals surface area contributed by atoms with Gasteiger partial charge < -0.3 is 9.32 Å². The third-order valence-corrected chi connectivity index (χ3v) is 5.17. The Labute approximate surface area is 171 Å². The van der Waals surface area contributed by atoms with Gasteiger partial charge in [-0.25, -0.2) is 4.68 Å². The third-order valence-electron chi connectivity index (χ3n) is 5.17. The number of pyridine rings is 1. The van der Waals surface area contributed by atoms with Crippen LogP contribution in [0.1, 0.15) is 43.5 Å². The highest BCUT2D eigenvalue weighted by atomic mass is 19.3. The molecule has 1 amide bonds. The largest absolute Gasteiger partial charge is 0.415 e. The zero-order valence-electron chi connectivity index (χ0n) is 16.4. The van der Waals surface area contributed by atoms with Crippen LogP contribution in [0, 0.1) is 5.92 Å². The highest BCUT2D eigenvalue weighted by molar-refractivity contribution is 5.73. The highest BCUT2D eigenvalue weighted by Gasteiger charge is 2.22. The molecule has 0 atom stereocenters. The van der Waals surface area contributed by atoms with E-state index < -0.39 is 12.3 Å². The maximum absolute atomic E-state index is 12.6. The second-order valence-electron chi connectivity index (χ2n) is 7.35. The van der Waals surface area contributed by atoms with E-state index in [-0.39, 0.29) is 11.8 Å². The summed E-state index contributed by atoms with van der Waals surface area (Å²) in [5, 5.41) is 15.3. The lowest BCUT2D eigenvalue weighted by Gasteiger charge is -2.30. The number of hydrogen-bond acceptors (Lipinski definition) is 7. The van der Waals surface area contributed by atoms with Crippen molar-refractivity contribution in [1.82, 2.24) is 35.1 Å². The molecule has 0 bridgehead atoms. The maximum atomic E-state index is 12.6. The first-order valence-electron chi connectivity index (χ1n) is 9.69. The number of likely N-dealkylation sites (tertiary alicyclic amines) is 1. The Hall–Kier alpha value is -3.24. The summed E-state index contributed by atoms with van der Waals surface area (Å²) in [5.74, 6) is -0.0819. The van der Waals surface area contributed by atoms with Crippen molar-refractivity contribution < 1.29 is 18.0 Å². The zero-order chi connectivity index (χ0) is 21.1. The molecule has 0 spiro atoms. The molecule has 3 aromatic heterocycles. The predicted molar refractivity (Wildman–Crippen MR) is 100 cm³/mol. The molecular formula is C19H21F2N7O2. The van der Waals surface area contributed by atoms with Gasteiger partial charge in [-0.1, -0.05) is 5.21 Å². The Morgan fingerprint density at radius 1 is 1.20 bits per heavy atom. The van der Waals surface area contributed by atoms with E-state index >= 15 is 0 Å². The third kappa shape index (κ3) is 4.66. The molecule has 0 N–H and O–H groups in total. The normalized spacial score (nSPS) is 15.1. The molecule has 1 aliphatic rings. The molecule has 1 saturated heterocycles. The number of halogens is 2.